The molecule has 2 unspecified atom stereocenters. The quantitative estimate of drug-likeness (QED) is 0.595. The molecule has 0 radical (unpaired) electrons. The van der Waals surface area contributed by atoms with E-state index in [2.05, 4.69) is 6.92 Å². The average Bonchev–Trinajstić information content (AvgIpc) is 2.13. The SMILES string of the molecule is CC12CCCOC1C(C)(C)C(=O)CC2. The fraction of sp³-hybridized carbons (Fsp3) is 0.917. The lowest BCUT2D eigenvalue weighted by Crippen LogP contribution is -2.55. The van der Waals surface area contributed by atoms with Crippen LogP contribution in [0.3, 0.4) is 0 Å². The molecule has 1 heterocycles. The standard InChI is InChI=1S/C12H20O2/c1-11(2)9(13)5-7-12(3)6-4-8-14-10(11)12/h10H,4-8H2,1-3H3. The summed E-state index contributed by atoms with van der Waals surface area (Å²) in [4.78, 5) is 11.8. The summed E-state index contributed by atoms with van der Waals surface area (Å²) in [5.74, 6) is 0.377. The molecule has 1 saturated carbocycles. The van der Waals surface area contributed by atoms with Gasteiger partial charge in [-0.05, 0) is 24.7 Å². The van der Waals surface area contributed by atoms with Crippen molar-refractivity contribution >= 4 is 5.78 Å². The number of rotatable bonds is 0. The minimum Gasteiger partial charge on any atom is -0.377 e. The van der Waals surface area contributed by atoms with Gasteiger partial charge < -0.3 is 4.74 Å². The first-order chi connectivity index (χ1) is 6.47. The van der Waals surface area contributed by atoms with E-state index in [1.807, 2.05) is 13.8 Å². The van der Waals surface area contributed by atoms with Gasteiger partial charge in [0.15, 0.2) is 0 Å². The van der Waals surface area contributed by atoms with E-state index in [1.54, 1.807) is 0 Å². The van der Waals surface area contributed by atoms with Crippen LogP contribution >= 0.6 is 0 Å². The first-order valence-electron chi connectivity index (χ1n) is 5.62. The lowest BCUT2D eigenvalue weighted by molar-refractivity contribution is -0.173. The minimum atomic E-state index is -0.270. The molecule has 14 heavy (non-hydrogen) atoms. The highest BCUT2D eigenvalue weighted by molar-refractivity contribution is 5.85. The minimum absolute atomic E-state index is 0.144. The number of carbonyl (C=O) groups is 1. The molecule has 1 saturated heterocycles. The number of hydrogen-bond acceptors (Lipinski definition) is 2. The van der Waals surface area contributed by atoms with Crippen LogP contribution in [-0.4, -0.2) is 18.5 Å². The molecule has 0 aromatic rings. The highest BCUT2D eigenvalue weighted by atomic mass is 16.5. The van der Waals surface area contributed by atoms with Crippen LogP contribution in [0.2, 0.25) is 0 Å². The van der Waals surface area contributed by atoms with Gasteiger partial charge in [0, 0.05) is 13.0 Å². The van der Waals surface area contributed by atoms with Crippen molar-refractivity contribution in [3.63, 3.8) is 0 Å². The number of carbonyl (C=O) groups excluding carboxylic acids is 1. The third kappa shape index (κ3) is 1.31. The second-order valence-corrected chi connectivity index (χ2v) is 5.65. The molecule has 2 fully saturated rings. The summed E-state index contributed by atoms with van der Waals surface area (Å²) >= 11 is 0. The third-order valence-corrected chi connectivity index (χ3v) is 4.11. The fourth-order valence-corrected chi connectivity index (χ4v) is 3.21. The topological polar surface area (TPSA) is 26.3 Å². The summed E-state index contributed by atoms with van der Waals surface area (Å²) in [7, 11) is 0. The zero-order valence-electron chi connectivity index (χ0n) is 9.43. The lowest BCUT2D eigenvalue weighted by atomic mass is 9.59. The molecule has 1 aliphatic carbocycles. The Hall–Kier alpha value is -0.370. The summed E-state index contributed by atoms with van der Waals surface area (Å²) in [5.41, 5.74) is -0.0247. The van der Waals surface area contributed by atoms with E-state index in [-0.39, 0.29) is 16.9 Å². The Morgan fingerprint density at radius 1 is 1.29 bits per heavy atom. The highest BCUT2D eigenvalue weighted by Gasteiger charge is 2.52. The largest absolute Gasteiger partial charge is 0.377 e. The summed E-state index contributed by atoms with van der Waals surface area (Å²) in [6, 6.07) is 0. The van der Waals surface area contributed by atoms with Gasteiger partial charge in [-0.15, -0.1) is 0 Å². The van der Waals surface area contributed by atoms with Crippen LogP contribution in [0.25, 0.3) is 0 Å². The molecular formula is C12H20O2. The Morgan fingerprint density at radius 2 is 2.00 bits per heavy atom. The van der Waals surface area contributed by atoms with Crippen LogP contribution < -0.4 is 0 Å². The van der Waals surface area contributed by atoms with Gasteiger partial charge >= 0.3 is 0 Å². The van der Waals surface area contributed by atoms with Crippen molar-refractivity contribution in [1.29, 1.82) is 0 Å². The molecule has 2 aliphatic rings. The van der Waals surface area contributed by atoms with E-state index in [9.17, 15) is 4.79 Å². The van der Waals surface area contributed by atoms with Gasteiger partial charge in [0.2, 0.25) is 0 Å². The first-order valence-corrected chi connectivity index (χ1v) is 5.62. The fourth-order valence-electron chi connectivity index (χ4n) is 3.21. The predicted octanol–water partition coefficient (Wildman–Crippen LogP) is 2.56. The van der Waals surface area contributed by atoms with Gasteiger partial charge in [-0.3, -0.25) is 4.79 Å². The van der Waals surface area contributed by atoms with Crippen molar-refractivity contribution < 1.29 is 9.53 Å². The molecule has 0 N–H and O–H groups in total. The number of ether oxygens (including phenoxy) is 1. The van der Waals surface area contributed by atoms with E-state index in [4.69, 9.17) is 4.74 Å². The maximum absolute atomic E-state index is 11.8. The van der Waals surface area contributed by atoms with E-state index in [1.165, 1.54) is 6.42 Å². The molecular weight excluding hydrogens is 176 g/mol. The van der Waals surface area contributed by atoms with E-state index in [0.29, 0.717) is 5.78 Å². The average molecular weight is 196 g/mol. The molecule has 1 aliphatic heterocycles. The normalized spacial score (nSPS) is 41.9. The summed E-state index contributed by atoms with van der Waals surface area (Å²) in [6.45, 7) is 7.20. The number of ketones is 1. The summed E-state index contributed by atoms with van der Waals surface area (Å²) < 4.78 is 5.85. The molecule has 2 nitrogen and oxygen atoms in total. The summed E-state index contributed by atoms with van der Waals surface area (Å²) in [6.07, 6.45) is 4.26. The second kappa shape index (κ2) is 3.06. The highest BCUT2D eigenvalue weighted by Crippen LogP contribution is 2.50. The van der Waals surface area contributed by atoms with Crippen molar-refractivity contribution in [2.24, 2.45) is 10.8 Å². The van der Waals surface area contributed by atoms with E-state index >= 15 is 0 Å². The van der Waals surface area contributed by atoms with Crippen LogP contribution in [0.15, 0.2) is 0 Å². The molecule has 0 aromatic heterocycles. The smallest absolute Gasteiger partial charge is 0.141 e. The van der Waals surface area contributed by atoms with Crippen LogP contribution in [-0.2, 0) is 9.53 Å². The van der Waals surface area contributed by atoms with Crippen molar-refractivity contribution in [2.75, 3.05) is 6.61 Å². The Labute approximate surface area is 86.0 Å². The van der Waals surface area contributed by atoms with Gasteiger partial charge in [-0.2, -0.15) is 0 Å². The number of fused-ring (bicyclic) bond motifs is 1. The maximum atomic E-state index is 11.8. The van der Waals surface area contributed by atoms with Crippen molar-refractivity contribution in [3.8, 4) is 0 Å². The maximum Gasteiger partial charge on any atom is 0.141 e. The zero-order chi connectivity index (χ0) is 10.4. The lowest BCUT2D eigenvalue weighted by Gasteiger charge is -2.51. The Kier molecular flexibility index (Phi) is 2.22. The van der Waals surface area contributed by atoms with E-state index in [0.717, 1.165) is 25.9 Å². The van der Waals surface area contributed by atoms with Gasteiger partial charge in [-0.25, -0.2) is 0 Å². The van der Waals surface area contributed by atoms with Crippen LogP contribution in [0.5, 0.6) is 0 Å². The second-order valence-electron chi connectivity index (χ2n) is 5.65. The first kappa shape index (κ1) is 10.2. The molecule has 2 atom stereocenters. The van der Waals surface area contributed by atoms with Crippen molar-refractivity contribution in [3.05, 3.63) is 0 Å². The van der Waals surface area contributed by atoms with Crippen molar-refractivity contribution in [2.45, 2.75) is 52.6 Å². The number of hydrogen-bond donors (Lipinski definition) is 0. The Bertz CT molecular complexity index is 257. The van der Waals surface area contributed by atoms with Crippen molar-refractivity contribution in [1.82, 2.24) is 0 Å². The number of Topliss-reactive ketones (excluding diaryl/α,β-unsaturated/α-hetero) is 1. The van der Waals surface area contributed by atoms with Crippen LogP contribution in [0.4, 0.5) is 0 Å². The molecule has 80 valence electrons. The van der Waals surface area contributed by atoms with Crippen LogP contribution in [0.1, 0.15) is 46.5 Å². The molecule has 0 bridgehead atoms. The van der Waals surface area contributed by atoms with Crippen LogP contribution in [0, 0.1) is 10.8 Å². The van der Waals surface area contributed by atoms with Gasteiger partial charge in [-0.1, -0.05) is 20.8 Å². The molecule has 0 spiro atoms. The zero-order valence-corrected chi connectivity index (χ0v) is 9.43. The Morgan fingerprint density at radius 3 is 2.71 bits per heavy atom. The third-order valence-electron chi connectivity index (χ3n) is 4.11. The molecule has 0 aromatic carbocycles. The molecule has 2 rings (SSSR count). The van der Waals surface area contributed by atoms with Gasteiger partial charge in [0.05, 0.1) is 11.5 Å². The molecule has 0 amide bonds. The van der Waals surface area contributed by atoms with Gasteiger partial charge in [0.25, 0.3) is 0 Å². The monoisotopic (exact) mass is 196 g/mol. The van der Waals surface area contributed by atoms with Gasteiger partial charge in [0.1, 0.15) is 5.78 Å². The summed E-state index contributed by atoms with van der Waals surface area (Å²) in [5, 5.41) is 0. The van der Waals surface area contributed by atoms with E-state index < -0.39 is 0 Å². The Balaban J connectivity index is 2.30. The molecule has 2 heteroatoms. The predicted molar refractivity (Wildman–Crippen MR) is 55.1 cm³/mol.